The minimum absolute atomic E-state index is 0.115. The molecule has 0 saturated carbocycles. The summed E-state index contributed by atoms with van der Waals surface area (Å²) in [4.78, 5) is 17.1. The standard InChI is InChI=1S/C20H21N3O/c1-14(2)13-18(24)22-19(15-9-5-4-6-10-15)20-21-16-11-7-8-12-17(16)23(20)3/h4-13,19H,1-3H3,(H,22,24)/t19-/m0/s1. The molecule has 1 amide bonds. The normalized spacial score (nSPS) is 12.0. The van der Waals surface area contributed by atoms with Crippen LogP contribution in [-0.2, 0) is 11.8 Å². The number of fused-ring (bicyclic) bond motifs is 1. The van der Waals surface area contributed by atoms with Crippen LogP contribution in [0.2, 0.25) is 0 Å². The molecule has 0 aliphatic carbocycles. The Hall–Kier alpha value is -2.88. The zero-order chi connectivity index (χ0) is 17.1. The number of aromatic nitrogens is 2. The van der Waals surface area contributed by atoms with Gasteiger partial charge in [-0.25, -0.2) is 4.98 Å². The van der Waals surface area contributed by atoms with Crippen LogP contribution in [0.4, 0.5) is 0 Å². The molecule has 1 aromatic heterocycles. The van der Waals surface area contributed by atoms with Gasteiger partial charge in [-0.3, -0.25) is 4.79 Å². The van der Waals surface area contributed by atoms with Gasteiger partial charge in [0.25, 0.3) is 0 Å². The Kier molecular flexibility index (Phi) is 4.47. The molecule has 0 bridgehead atoms. The molecule has 1 heterocycles. The highest BCUT2D eigenvalue weighted by Crippen LogP contribution is 2.25. The van der Waals surface area contributed by atoms with E-state index in [1.165, 1.54) is 0 Å². The Bertz CT molecular complexity index is 890. The minimum Gasteiger partial charge on any atom is -0.339 e. The molecule has 0 radical (unpaired) electrons. The average Bonchev–Trinajstić information content (AvgIpc) is 2.90. The quantitative estimate of drug-likeness (QED) is 0.745. The minimum atomic E-state index is -0.299. The van der Waals surface area contributed by atoms with E-state index < -0.39 is 0 Å². The summed E-state index contributed by atoms with van der Waals surface area (Å²) in [6.07, 6.45) is 1.61. The number of amides is 1. The van der Waals surface area contributed by atoms with E-state index in [0.717, 1.165) is 28.0 Å². The summed E-state index contributed by atoms with van der Waals surface area (Å²) in [5.41, 5.74) is 3.94. The number of para-hydroxylation sites is 2. The number of imidazole rings is 1. The second kappa shape index (κ2) is 6.71. The van der Waals surface area contributed by atoms with E-state index in [0.29, 0.717) is 0 Å². The van der Waals surface area contributed by atoms with Crippen molar-refractivity contribution in [2.24, 2.45) is 7.05 Å². The number of carbonyl (C=O) groups excluding carboxylic acids is 1. The van der Waals surface area contributed by atoms with E-state index in [9.17, 15) is 4.79 Å². The number of aryl methyl sites for hydroxylation is 1. The van der Waals surface area contributed by atoms with Gasteiger partial charge in [-0.15, -0.1) is 0 Å². The van der Waals surface area contributed by atoms with Gasteiger partial charge < -0.3 is 9.88 Å². The van der Waals surface area contributed by atoms with Crippen LogP contribution in [0.1, 0.15) is 31.3 Å². The van der Waals surface area contributed by atoms with Crippen molar-refractivity contribution in [1.82, 2.24) is 14.9 Å². The van der Waals surface area contributed by atoms with Crippen molar-refractivity contribution >= 4 is 16.9 Å². The largest absolute Gasteiger partial charge is 0.339 e. The molecule has 1 N–H and O–H groups in total. The second-order valence-electron chi connectivity index (χ2n) is 6.09. The maximum atomic E-state index is 12.3. The Morgan fingerprint density at radius 1 is 1.08 bits per heavy atom. The number of allylic oxidation sites excluding steroid dienone is 1. The summed E-state index contributed by atoms with van der Waals surface area (Å²) in [5, 5.41) is 3.08. The van der Waals surface area contributed by atoms with E-state index in [2.05, 4.69) is 5.32 Å². The lowest BCUT2D eigenvalue weighted by molar-refractivity contribution is -0.117. The van der Waals surface area contributed by atoms with E-state index in [1.807, 2.05) is 80.1 Å². The molecule has 3 aromatic rings. The fraction of sp³-hybridized carbons (Fsp3) is 0.200. The van der Waals surface area contributed by atoms with Gasteiger partial charge in [0, 0.05) is 13.1 Å². The molecule has 1 atom stereocenters. The summed E-state index contributed by atoms with van der Waals surface area (Å²) >= 11 is 0. The second-order valence-corrected chi connectivity index (χ2v) is 6.09. The molecule has 0 unspecified atom stereocenters. The first-order valence-electron chi connectivity index (χ1n) is 7.98. The molecule has 0 aliphatic rings. The Morgan fingerprint density at radius 2 is 1.75 bits per heavy atom. The number of carbonyl (C=O) groups is 1. The Morgan fingerprint density at radius 3 is 2.42 bits per heavy atom. The van der Waals surface area contributed by atoms with Crippen molar-refractivity contribution in [3.8, 4) is 0 Å². The molecule has 0 fully saturated rings. The molecule has 4 heteroatoms. The lowest BCUT2D eigenvalue weighted by atomic mass is 10.1. The zero-order valence-corrected chi connectivity index (χ0v) is 14.2. The van der Waals surface area contributed by atoms with Crippen molar-refractivity contribution < 1.29 is 4.79 Å². The number of nitrogens with one attached hydrogen (secondary N) is 1. The summed E-state index contributed by atoms with van der Waals surface area (Å²) in [5.74, 6) is 0.703. The SMILES string of the molecule is CC(C)=CC(=O)N[C@@H](c1ccccc1)c1nc2ccccc2n1C. The summed E-state index contributed by atoms with van der Waals surface area (Å²) < 4.78 is 2.04. The van der Waals surface area contributed by atoms with Crippen molar-refractivity contribution in [3.05, 3.63) is 77.6 Å². The van der Waals surface area contributed by atoms with Gasteiger partial charge in [0.05, 0.1) is 11.0 Å². The molecule has 4 nitrogen and oxygen atoms in total. The van der Waals surface area contributed by atoms with Crippen LogP contribution in [0.3, 0.4) is 0 Å². The van der Waals surface area contributed by atoms with Gasteiger partial charge in [-0.05, 0) is 31.5 Å². The van der Waals surface area contributed by atoms with E-state index in [4.69, 9.17) is 4.98 Å². The first kappa shape index (κ1) is 16.0. The highest BCUT2D eigenvalue weighted by Gasteiger charge is 2.21. The van der Waals surface area contributed by atoms with Gasteiger partial charge in [0.1, 0.15) is 11.9 Å². The molecule has 0 aliphatic heterocycles. The molecule has 2 aromatic carbocycles. The number of rotatable bonds is 4. The molecule has 0 saturated heterocycles. The van der Waals surface area contributed by atoms with Crippen LogP contribution in [0.25, 0.3) is 11.0 Å². The summed E-state index contributed by atoms with van der Waals surface area (Å²) in [6.45, 7) is 3.82. The fourth-order valence-electron chi connectivity index (χ4n) is 2.81. The van der Waals surface area contributed by atoms with Gasteiger partial charge in [-0.2, -0.15) is 0 Å². The van der Waals surface area contributed by atoms with E-state index in [-0.39, 0.29) is 11.9 Å². The summed E-state index contributed by atoms with van der Waals surface area (Å²) in [6, 6.07) is 17.6. The van der Waals surface area contributed by atoms with E-state index >= 15 is 0 Å². The smallest absolute Gasteiger partial charge is 0.244 e. The number of hydrogen-bond donors (Lipinski definition) is 1. The Balaban J connectivity index is 2.08. The lowest BCUT2D eigenvalue weighted by Crippen LogP contribution is -2.29. The van der Waals surface area contributed by atoms with Crippen molar-refractivity contribution in [2.45, 2.75) is 19.9 Å². The van der Waals surface area contributed by atoms with Crippen LogP contribution in [-0.4, -0.2) is 15.5 Å². The van der Waals surface area contributed by atoms with Gasteiger partial charge in [0.2, 0.25) is 5.91 Å². The van der Waals surface area contributed by atoms with Gasteiger partial charge in [-0.1, -0.05) is 48.0 Å². The third kappa shape index (κ3) is 3.23. The maximum Gasteiger partial charge on any atom is 0.244 e. The molecule has 122 valence electrons. The first-order chi connectivity index (χ1) is 11.6. The summed E-state index contributed by atoms with van der Waals surface area (Å²) in [7, 11) is 1.98. The third-order valence-electron chi connectivity index (χ3n) is 3.92. The highest BCUT2D eigenvalue weighted by molar-refractivity contribution is 5.88. The average molecular weight is 319 g/mol. The predicted octanol–water partition coefficient (Wildman–Crippen LogP) is 3.75. The van der Waals surface area contributed by atoms with Crippen molar-refractivity contribution in [3.63, 3.8) is 0 Å². The first-order valence-corrected chi connectivity index (χ1v) is 7.98. The van der Waals surface area contributed by atoms with Crippen molar-refractivity contribution in [1.29, 1.82) is 0 Å². The third-order valence-corrected chi connectivity index (χ3v) is 3.92. The van der Waals surface area contributed by atoms with Gasteiger partial charge >= 0.3 is 0 Å². The highest BCUT2D eigenvalue weighted by atomic mass is 16.1. The monoisotopic (exact) mass is 319 g/mol. The molecule has 3 rings (SSSR count). The molecular weight excluding hydrogens is 298 g/mol. The zero-order valence-electron chi connectivity index (χ0n) is 14.2. The maximum absolute atomic E-state index is 12.3. The number of hydrogen-bond acceptors (Lipinski definition) is 2. The van der Waals surface area contributed by atoms with Crippen LogP contribution < -0.4 is 5.32 Å². The lowest BCUT2D eigenvalue weighted by Gasteiger charge is -2.18. The fourth-order valence-corrected chi connectivity index (χ4v) is 2.81. The van der Waals surface area contributed by atoms with Crippen molar-refractivity contribution in [2.75, 3.05) is 0 Å². The molecule has 0 spiro atoms. The predicted molar refractivity (Wildman–Crippen MR) is 96.6 cm³/mol. The van der Waals surface area contributed by atoms with E-state index in [1.54, 1.807) is 6.08 Å². The Labute approximate surface area is 141 Å². The van der Waals surface area contributed by atoms with Crippen LogP contribution in [0.5, 0.6) is 0 Å². The molecule has 24 heavy (non-hydrogen) atoms. The number of benzene rings is 2. The van der Waals surface area contributed by atoms with Gasteiger partial charge in [0.15, 0.2) is 0 Å². The number of nitrogens with zero attached hydrogens (tertiary/aromatic N) is 2. The van der Waals surface area contributed by atoms with Crippen LogP contribution in [0, 0.1) is 0 Å². The molecular formula is C20H21N3O. The van der Waals surface area contributed by atoms with Crippen LogP contribution in [0.15, 0.2) is 66.2 Å². The topological polar surface area (TPSA) is 46.9 Å². The van der Waals surface area contributed by atoms with Crippen LogP contribution >= 0.6 is 0 Å².